The summed E-state index contributed by atoms with van der Waals surface area (Å²) >= 11 is 0. The highest BCUT2D eigenvalue weighted by atomic mass is 32.2. The zero-order chi connectivity index (χ0) is 20.6. The Balaban J connectivity index is 1.82. The summed E-state index contributed by atoms with van der Waals surface area (Å²) in [5.74, 6) is 0.145. The van der Waals surface area contributed by atoms with E-state index in [1.807, 2.05) is 6.92 Å². The maximum atomic E-state index is 13.4. The molecule has 4 rings (SSSR count). The minimum Gasteiger partial charge on any atom is -0.508 e. The smallest absolute Gasteiger partial charge is 0.279 e. The van der Waals surface area contributed by atoms with Gasteiger partial charge in [-0.3, -0.25) is 0 Å². The maximum absolute atomic E-state index is 13.4. The number of phenols is 2. The number of hydrazone groups is 1. The molecular weight excluding hydrogens is 388 g/mol. The maximum Gasteiger partial charge on any atom is 0.279 e. The number of nitrogens with zero attached hydrogens (tertiary/aromatic N) is 2. The van der Waals surface area contributed by atoms with Crippen LogP contribution in [-0.2, 0) is 10.0 Å². The number of aromatic hydroxyl groups is 2. The van der Waals surface area contributed by atoms with Crippen LogP contribution in [0.4, 0.5) is 0 Å². The molecule has 6 nitrogen and oxygen atoms in total. The van der Waals surface area contributed by atoms with Crippen LogP contribution in [0.15, 0.2) is 82.8 Å². The molecule has 7 heteroatoms. The van der Waals surface area contributed by atoms with Gasteiger partial charge < -0.3 is 10.2 Å². The number of benzene rings is 3. The Kier molecular flexibility index (Phi) is 4.76. The summed E-state index contributed by atoms with van der Waals surface area (Å²) in [7, 11) is -3.91. The summed E-state index contributed by atoms with van der Waals surface area (Å²) < 4.78 is 27.8. The van der Waals surface area contributed by atoms with Crippen LogP contribution in [0.1, 0.15) is 29.2 Å². The largest absolute Gasteiger partial charge is 0.508 e. The van der Waals surface area contributed by atoms with Gasteiger partial charge in [-0.2, -0.15) is 17.9 Å². The third kappa shape index (κ3) is 3.56. The van der Waals surface area contributed by atoms with Crippen LogP contribution in [0.3, 0.4) is 0 Å². The predicted octanol–water partition coefficient (Wildman–Crippen LogP) is 3.95. The van der Waals surface area contributed by atoms with Gasteiger partial charge in [0.05, 0.1) is 16.6 Å². The van der Waals surface area contributed by atoms with E-state index >= 15 is 0 Å². The molecule has 29 heavy (non-hydrogen) atoms. The Bertz CT molecular complexity index is 1170. The molecule has 1 atom stereocenters. The summed E-state index contributed by atoms with van der Waals surface area (Å²) in [4.78, 5) is 0.147. The fraction of sp³-hybridized carbons (Fsp3) is 0.136. The first kappa shape index (κ1) is 19.0. The van der Waals surface area contributed by atoms with Crippen LogP contribution >= 0.6 is 0 Å². The first-order valence-electron chi connectivity index (χ1n) is 9.12. The van der Waals surface area contributed by atoms with Gasteiger partial charge >= 0.3 is 0 Å². The molecule has 0 fully saturated rings. The number of hydrogen-bond donors (Lipinski definition) is 2. The van der Waals surface area contributed by atoms with Crippen LogP contribution in [-0.4, -0.2) is 28.8 Å². The molecule has 0 saturated heterocycles. The van der Waals surface area contributed by atoms with Gasteiger partial charge in [-0.25, -0.2) is 0 Å². The summed E-state index contributed by atoms with van der Waals surface area (Å²) in [6, 6.07) is 19.1. The molecule has 3 aromatic rings. The molecule has 0 saturated carbocycles. The van der Waals surface area contributed by atoms with Crippen molar-refractivity contribution in [2.75, 3.05) is 0 Å². The first-order valence-corrected chi connectivity index (χ1v) is 10.6. The van der Waals surface area contributed by atoms with E-state index in [0.717, 1.165) is 9.98 Å². The summed E-state index contributed by atoms with van der Waals surface area (Å²) in [6.07, 6.45) is 0.299. The van der Waals surface area contributed by atoms with Crippen LogP contribution < -0.4 is 0 Å². The highest BCUT2D eigenvalue weighted by Gasteiger charge is 2.38. The summed E-state index contributed by atoms with van der Waals surface area (Å²) in [5.41, 5.74) is 2.64. The molecule has 3 aromatic carbocycles. The van der Waals surface area contributed by atoms with Crippen LogP contribution in [0.25, 0.3) is 0 Å². The Morgan fingerprint density at radius 2 is 1.59 bits per heavy atom. The van der Waals surface area contributed by atoms with E-state index in [9.17, 15) is 18.6 Å². The summed E-state index contributed by atoms with van der Waals surface area (Å²) in [5, 5.41) is 24.2. The molecule has 0 amide bonds. The average Bonchev–Trinajstić information content (AvgIpc) is 3.15. The molecule has 0 spiro atoms. The van der Waals surface area contributed by atoms with Crippen molar-refractivity contribution in [3.63, 3.8) is 0 Å². The third-order valence-corrected chi connectivity index (χ3v) is 6.63. The Labute approximate surface area is 169 Å². The quantitative estimate of drug-likeness (QED) is 0.684. The fourth-order valence-electron chi connectivity index (χ4n) is 3.35. The number of para-hydroxylation sites is 1. The van der Waals surface area contributed by atoms with E-state index < -0.39 is 16.1 Å². The molecule has 0 aliphatic carbocycles. The van der Waals surface area contributed by atoms with Crippen molar-refractivity contribution in [1.29, 1.82) is 0 Å². The monoisotopic (exact) mass is 408 g/mol. The average molecular weight is 408 g/mol. The Morgan fingerprint density at radius 1 is 0.931 bits per heavy atom. The second-order valence-electron chi connectivity index (χ2n) is 6.97. The lowest BCUT2D eigenvalue weighted by Gasteiger charge is -2.23. The van der Waals surface area contributed by atoms with Gasteiger partial charge in [-0.05, 0) is 48.9 Å². The van der Waals surface area contributed by atoms with Gasteiger partial charge in [-0.15, -0.1) is 0 Å². The number of phenolic OH excluding ortho intramolecular Hbond substituents is 2. The van der Waals surface area contributed by atoms with Gasteiger partial charge in [0, 0.05) is 12.0 Å². The molecule has 0 radical (unpaired) electrons. The van der Waals surface area contributed by atoms with Crippen molar-refractivity contribution < 1.29 is 18.6 Å². The van der Waals surface area contributed by atoms with Gasteiger partial charge in [0.15, 0.2) is 0 Å². The molecule has 2 N–H and O–H groups in total. The van der Waals surface area contributed by atoms with E-state index in [-0.39, 0.29) is 16.4 Å². The highest BCUT2D eigenvalue weighted by Crippen LogP contribution is 2.38. The van der Waals surface area contributed by atoms with E-state index in [4.69, 9.17) is 0 Å². The van der Waals surface area contributed by atoms with Crippen molar-refractivity contribution in [3.8, 4) is 11.5 Å². The van der Waals surface area contributed by atoms with Gasteiger partial charge in [0.1, 0.15) is 11.5 Å². The van der Waals surface area contributed by atoms with Crippen molar-refractivity contribution in [3.05, 3.63) is 89.5 Å². The second kappa shape index (κ2) is 7.25. The van der Waals surface area contributed by atoms with E-state index in [1.165, 1.54) is 12.1 Å². The topological polar surface area (TPSA) is 90.2 Å². The normalized spacial score (nSPS) is 16.7. The lowest BCUT2D eigenvalue weighted by molar-refractivity contribution is 0.371. The number of rotatable bonds is 4. The molecule has 1 heterocycles. The SMILES string of the molecule is Cc1ccc(S(=O)(=O)N2N=C(c3ccccc3O)C[C@H]2c2ccc(O)cc2)cc1. The summed E-state index contributed by atoms with van der Waals surface area (Å²) in [6.45, 7) is 1.89. The molecule has 0 bridgehead atoms. The Hall–Kier alpha value is -3.32. The van der Waals surface area contributed by atoms with Crippen molar-refractivity contribution in [2.24, 2.45) is 5.10 Å². The zero-order valence-corrected chi connectivity index (χ0v) is 16.5. The van der Waals surface area contributed by atoms with Gasteiger partial charge in [-0.1, -0.05) is 42.0 Å². The molecule has 1 aliphatic rings. The fourth-order valence-corrected chi connectivity index (χ4v) is 4.79. The van der Waals surface area contributed by atoms with Crippen LogP contribution in [0.2, 0.25) is 0 Å². The van der Waals surface area contributed by atoms with Crippen LogP contribution in [0.5, 0.6) is 11.5 Å². The van der Waals surface area contributed by atoms with E-state index in [0.29, 0.717) is 23.3 Å². The molecule has 148 valence electrons. The first-order chi connectivity index (χ1) is 13.9. The second-order valence-corrected chi connectivity index (χ2v) is 8.76. The predicted molar refractivity (Wildman–Crippen MR) is 110 cm³/mol. The minimum atomic E-state index is -3.91. The number of aryl methyl sites for hydroxylation is 1. The number of sulfonamides is 1. The highest BCUT2D eigenvalue weighted by molar-refractivity contribution is 7.89. The lowest BCUT2D eigenvalue weighted by atomic mass is 9.98. The van der Waals surface area contributed by atoms with Crippen LogP contribution in [0, 0.1) is 6.92 Å². The van der Waals surface area contributed by atoms with Crippen molar-refractivity contribution in [2.45, 2.75) is 24.3 Å². The number of hydrogen-bond acceptors (Lipinski definition) is 5. The molecular formula is C22H20N2O4S. The Morgan fingerprint density at radius 3 is 2.24 bits per heavy atom. The molecule has 0 unspecified atom stereocenters. The third-order valence-electron chi connectivity index (χ3n) is 4.93. The molecule has 0 aromatic heterocycles. The van der Waals surface area contributed by atoms with Gasteiger partial charge in [0.2, 0.25) is 0 Å². The van der Waals surface area contributed by atoms with E-state index in [1.54, 1.807) is 60.7 Å². The molecule has 1 aliphatic heterocycles. The van der Waals surface area contributed by atoms with Crippen molar-refractivity contribution in [1.82, 2.24) is 4.41 Å². The van der Waals surface area contributed by atoms with E-state index in [2.05, 4.69) is 5.10 Å². The zero-order valence-electron chi connectivity index (χ0n) is 15.7. The standard InChI is InChI=1S/C22H20N2O4S/c1-15-6-12-18(13-7-15)29(27,28)24-21(16-8-10-17(25)11-9-16)14-20(23-24)19-4-2-3-5-22(19)26/h2-13,21,25-26H,14H2,1H3/t21-/m0/s1. The van der Waals surface area contributed by atoms with Crippen molar-refractivity contribution >= 4 is 15.7 Å². The minimum absolute atomic E-state index is 0.0466. The van der Waals surface area contributed by atoms with Gasteiger partial charge in [0.25, 0.3) is 10.0 Å². The lowest BCUT2D eigenvalue weighted by Crippen LogP contribution is -2.27.